The lowest BCUT2D eigenvalue weighted by Crippen LogP contribution is -2.36. The summed E-state index contributed by atoms with van der Waals surface area (Å²) >= 11 is 0. The molecule has 39 heavy (non-hydrogen) atoms. The van der Waals surface area contributed by atoms with E-state index in [9.17, 15) is 18.0 Å². The fourth-order valence-electron chi connectivity index (χ4n) is 5.04. The van der Waals surface area contributed by atoms with Crippen molar-refractivity contribution in [2.24, 2.45) is 0 Å². The minimum absolute atomic E-state index is 0.181. The van der Waals surface area contributed by atoms with Gasteiger partial charge in [-0.15, -0.1) is 0 Å². The van der Waals surface area contributed by atoms with Crippen molar-refractivity contribution in [1.82, 2.24) is 4.98 Å². The van der Waals surface area contributed by atoms with Crippen LogP contribution in [0.15, 0.2) is 77.6 Å². The van der Waals surface area contributed by atoms with Gasteiger partial charge < -0.3 is 24.7 Å². The van der Waals surface area contributed by atoms with Gasteiger partial charge >= 0.3 is 6.18 Å². The lowest BCUT2D eigenvalue weighted by molar-refractivity contribution is -0.137. The molecule has 2 aliphatic rings. The molecule has 6 nitrogen and oxygen atoms in total. The van der Waals surface area contributed by atoms with Crippen LogP contribution in [0, 0.1) is 0 Å². The van der Waals surface area contributed by atoms with Gasteiger partial charge in [0.2, 0.25) is 5.56 Å². The zero-order valence-electron chi connectivity index (χ0n) is 21.0. The zero-order chi connectivity index (χ0) is 27.0. The van der Waals surface area contributed by atoms with Gasteiger partial charge in [0.25, 0.3) is 0 Å². The maximum absolute atomic E-state index is 13.0. The number of alkyl halides is 3. The summed E-state index contributed by atoms with van der Waals surface area (Å²) in [6, 6.07) is 20.4. The van der Waals surface area contributed by atoms with Crippen LogP contribution in [0.1, 0.15) is 22.3 Å². The first-order chi connectivity index (χ1) is 18.8. The predicted molar refractivity (Wildman–Crippen MR) is 144 cm³/mol. The number of para-hydroxylation sites is 1. The quantitative estimate of drug-likeness (QED) is 0.281. The van der Waals surface area contributed by atoms with Gasteiger partial charge in [-0.2, -0.15) is 13.2 Å². The number of nitrogens with zero attached hydrogens (tertiary/aromatic N) is 1. The molecule has 1 fully saturated rings. The average Bonchev–Trinajstić information content (AvgIpc) is 2.94. The fraction of sp³-hybridized carbons (Fsp3) is 0.233. The Kier molecular flexibility index (Phi) is 6.52. The topological polar surface area (TPSA) is 66.6 Å². The Bertz CT molecular complexity index is 1580. The van der Waals surface area contributed by atoms with Crippen LogP contribution in [0.25, 0.3) is 11.3 Å². The highest BCUT2D eigenvalue weighted by Gasteiger charge is 2.30. The van der Waals surface area contributed by atoms with Crippen molar-refractivity contribution in [3.8, 4) is 22.8 Å². The van der Waals surface area contributed by atoms with Crippen LogP contribution < -0.4 is 20.5 Å². The summed E-state index contributed by atoms with van der Waals surface area (Å²) in [5, 5.41) is 3.22. The molecule has 0 spiro atoms. The molecule has 0 radical (unpaired) electrons. The molecule has 0 atom stereocenters. The van der Waals surface area contributed by atoms with Gasteiger partial charge in [-0.3, -0.25) is 4.79 Å². The van der Waals surface area contributed by atoms with Gasteiger partial charge in [0.15, 0.2) is 0 Å². The molecule has 0 unspecified atom stereocenters. The van der Waals surface area contributed by atoms with Crippen LogP contribution in [-0.4, -0.2) is 31.3 Å². The number of rotatable bonds is 5. The van der Waals surface area contributed by atoms with Gasteiger partial charge in [0, 0.05) is 54.6 Å². The maximum atomic E-state index is 13.0. The van der Waals surface area contributed by atoms with E-state index in [0.29, 0.717) is 42.4 Å². The van der Waals surface area contributed by atoms with E-state index < -0.39 is 11.7 Å². The standard InChI is InChI=1S/C30H26F3N3O3/c31-30(32,33)22-5-1-3-19(13-22)18-34-23-7-8-27-21(15-23)14-20-4-2-6-25(29(20)39-27)26-16-24(17-28(37)35-26)36-9-11-38-12-10-36/h1-8,13,15-17,34H,9-12,14,18H2,(H,35,37). The number of benzene rings is 3. The summed E-state index contributed by atoms with van der Waals surface area (Å²) < 4.78 is 50.9. The second kappa shape index (κ2) is 10.1. The monoisotopic (exact) mass is 533 g/mol. The molecule has 1 aromatic heterocycles. The van der Waals surface area contributed by atoms with Crippen LogP contribution in [0.2, 0.25) is 0 Å². The normalized spacial score (nSPS) is 14.8. The summed E-state index contributed by atoms with van der Waals surface area (Å²) in [5.74, 6) is 1.40. The molecule has 9 heteroatoms. The Morgan fingerprint density at radius 2 is 1.74 bits per heavy atom. The number of halogens is 3. The van der Waals surface area contributed by atoms with E-state index in [1.807, 2.05) is 42.5 Å². The number of pyridine rings is 1. The minimum atomic E-state index is -4.37. The average molecular weight is 534 g/mol. The molecular weight excluding hydrogens is 507 g/mol. The molecule has 2 aliphatic heterocycles. The van der Waals surface area contributed by atoms with Gasteiger partial charge in [-0.1, -0.05) is 24.3 Å². The summed E-state index contributed by atoms with van der Waals surface area (Å²) in [7, 11) is 0. The van der Waals surface area contributed by atoms with E-state index in [2.05, 4.69) is 15.2 Å². The maximum Gasteiger partial charge on any atom is 0.416 e. The number of anilines is 2. The summed E-state index contributed by atoms with van der Waals surface area (Å²) in [6.45, 7) is 2.96. The van der Waals surface area contributed by atoms with Crippen LogP contribution in [0.3, 0.4) is 0 Å². The Morgan fingerprint density at radius 3 is 2.56 bits per heavy atom. The summed E-state index contributed by atoms with van der Waals surface area (Å²) in [5.41, 5.74) is 4.77. The first-order valence-corrected chi connectivity index (χ1v) is 12.7. The van der Waals surface area contributed by atoms with E-state index >= 15 is 0 Å². The van der Waals surface area contributed by atoms with Gasteiger partial charge in [0.1, 0.15) is 11.5 Å². The van der Waals surface area contributed by atoms with Crippen LogP contribution >= 0.6 is 0 Å². The largest absolute Gasteiger partial charge is 0.456 e. The van der Waals surface area contributed by atoms with Gasteiger partial charge in [-0.05, 0) is 53.6 Å². The van der Waals surface area contributed by atoms with E-state index in [1.165, 1.54) is 6.07 Å². The van der Waals surface area contributed by atoms with Crippen LogP contribution in [-0.2, 0) is 23.9 Å². The second-order valence-electron chi connectivity index (χ2n) is 9.66. The third-order valence-corrected chi connectivity index (χ3v) is 7.00. The van der Waals surface area contributed by atoms with Crippen molar-refractivity contribution in [3.63, 3.8) is 0 Å². The van der Waals surface area contributed by atoms with E-state index in [-0.39, 0.29) is 12.1 Å². The SMILES string of the molecule is O=c1cc(N2CCOCC2)cc(-c2cccc3c2Oc2ccc(NCc4cccc(C(F)(F)F)c4)cc2C3)[nH]1. The van der Waals surface area contributed by atoms with E-state index in [1.54, 1.807) is 12.1 Å². The number of morpholine rings is 1. The molecule has 0 amide bonds. The number of ether oxygens (including phenoxy) is 2. The molecule has 2 N–H and O–H groups in total. The first kappa shape index (κ1) is 25.1. The van der Waals surface area contributed by atoms with Crippen LogP contribution in [0.4, 0.5) is 24.5 Å². The summed E-state index contributed by atoms with van der Waals surface area (Å²) in [6.07, 6.45) is -3.76. The highest BCUT2D eigenvalue weighted by molar-refractivity contribution is 5.74. The van der Waals surface area contributed by atoms with Crippen molar-refractivity contribution < 1.29 is 22.6 Å². The zero-order valence-corrected chi connectivity index (χ0v) is 21.0. The molecular formula is C30H26F3N3O3. The molecule has 0 aliphatic carbocycles. The predicted octanol–water partition coefficient (Wildman–Crippen LogP) is 6.21. The third-order valence-electron chi connectivity index (χ3n) is 7.00. The number of H-pyrrole nitrogens is 1. The lowest BCUT2D eigenvalue weighted by atomic mass is 9.96. The first-order valence-electron chi connectivity index (χ1n) is 12.7. The minimum Gasteiger partial charge on any atom is -0.456 e. The van der Waals surface area contributed by atoms with Crippen molar-refractivity contribution >= 4 is 11.4 Å². The molecule has 0 bridgehead atoms. The van der Waals surface area contributed by atoms with Gasteiger partial charge in [-0.25, -0.2) is 0 Å². The van der Waals surface area contributed by atoms with Crippen molar-refractivity contribution in [3.05, 3.63) is 105 Å². The Morgan fingerprint density at radius 1 is 0.923 bits per heavy atom. The molecule has 0 saturated carbocycles. The Hall–Kier alpha value is -4.24. The molecule has 3 aromatic carbocycles. The number of aromatic amines is 1. The highest BCUT2D eigenvalue weighted by atomic mass is 19.4. The third kappa shape index (κ3) is 5.35. The number of fused-ring (bicyclic) bond motifs is 2. The smallest absolute Gasteiger partial charge is 0.416 e. The summed E-state index contributed by atoms with van der Waals surface area (Å²) in [4.78, 5) is 17.6. The molecule has 4 aromatic rings. The number of nitrogens with one attached hydrogen (secondary N) is 2. The molecule has 200 valence electrons. The van der Waals surface area contributed by atoms with Crippen molar-refractivity contribution in [2.45, 2.75) is 19.1 Å². The lowest BCUT2D eigenvalue weighted by Gasteiger charge is -2.29. The fourth-order valence-corrected chi connectivity index (χ4v) is 5.04. The van der Waals surface area contributed by atoms with Gasteiger partial charge in [0.05, 0.1) is 24.5 Å². The number of hydrogen-bond donors (Lipinski definition) is 2. The Labute approximate surface area is 223 Å². The second-order valence-corrected chi connectivity index (χ2v) is 9.66. The number of aromatic nitrogens is 1. The van der Waals surface area contributed by atoms with Crippen molar-refractivity contribution in [2.75, 3.05) is 36.5 Å². The molecule has 3 heterocycles. The number of hydrogen-bond acceptors (Lipinski definition) is 5. The van der Waals surface area contributed by atoms with Crippen LogP contribution in [0.5, 0.6) is 11.5 Å². The molecule has 1 saturated heterocycles. The highest BCUT2D eigenvalue weighted by Crippen LogP contribution is 2.43. The Balaban J connectivity index is 1.23. The van der Waals surface area contributed by atoms with E-state index in [4.69, 9.17) is 9.47 Å². The molecule has 6 rings (SSSR count). The van der Waals surface area contributed by atoms with E-state index in [0.717, 1.165) is 53.3 Å². The van der Waals surface area contributed by atoms with Crippen molar-refractivity contribution in [1.29, 1.82) is 0 Å².